The van der Waals surface area contributed by atoms with Crippen LogP contribution in [0.2, 0.25) is 0 Å². The van der Waals surface area contributed by atoms with Crippen LogP contribution in [0.1, 0.15) is 0 Å². The van der Waals surface area contributed by atoms with Crippen molar-refractivity contribution in [3.63, 3.8) is 0 Å². The van der Waals surface area contributed by atoms with E-state index < -0.39 is 18.1 Å². The van der Waals surface area contributed by atoms with Gasteiger partial charge in [-0.2, -0.15) is 0 Å². The third-order valence-electron chi connectivity index (χ3n) is 0.349. The van der Waals surface area contributed by atoms with Gasteiger partial charge in [0.2, 0.25) is 0 Å². The molecule has 0 aromatic heterocycles. The molecule has 0 aliphatic rings. The Hall–Kier alpha value is 0.130. The first kappa shape index (κ1) is 29.8. The average molecular weight is 258 g/mol. The maximum atomic E-state index is 9.24. The van der Waals surface area contributed by atoms with Crippen LogP contribution in [0, 0.1) is 0 Å². The Morgan fingerprint density at radius 2 is 0.812 bits per heavy atom. The van der Waals surface area contributed by atoms with Crippen molar-refractivity contribution >= 4 is 77.2 Å². The maximum absolute atomic E-state index is 9.24. The SMILES string of the molecule is NCC(=O)O.NCC(=O)O.O=C(O)O.[Na].[Na]. The van der Waals surface area contributed by atoms with Crippen molar-refractivity contribution in [2.75, 3.05) is 13.1 Å². The fourth-order valence-corrected chi connectivity index (χ4v) is 0. The van der Waals surface area contributed by atoms with E-state index in [-0.39, 0.29) is 72.2 Å². The van der Waals surface area contributed by atoms with Crippen molar-refractivity contribution in [1.29, 1.82) is 0 Å². The van der Waals surface area contributed by atoms with E-state index in [1.807, 2.05) is 0 Å². The summed E-state index contributed by atoms with van der Waals surface area (Å²) in [5.41, 5.74) is 9.14. The second kappa shape index (κ2) is 24.4. The van der Waals surface area contributed by atoms with Gasteiger partial charge in [-0.3, -0.25) is 9.59 Å². The molecule has 0 rings (SSSR count). The van der Waals surface area contributed by atoms with Crippen LogP contribution in [-0.4, -0.2) is 111 Å². The van der Waals surface area contributed by atoms with Gasteiger partial charge in [0.05, 0.1) is 13.1 Å². The third kappa shape index (κ3) is 143. The molecular weight excluding hydrogens is 246 g/mol. The molecule has 16 heavy (non-hydrogen) atoms. The van der Waals surface area contributed by atoms with Gasteiger partial charge in [0.15, 0.2) is 0 Å². The van der Waals surface area contributed by atoms with Crippen LogP contribution in [0.25, 0.3) is 0 Å². The van der Waals surface area contributed by atoms with Crippen LogP contribution in [0.5, 0.6) is 0 Å². The number of nitrogens with two attached hydrogens (primary N) is 2. The van der Waals surface area contributed by atoms with Crippen molar-refractivity contribution in [3.05, 3.63) is 0 Å². The maximum Gasteiger partial charge on any atom is 0.503 e. The van der Waals surface area contributed by atoms with E-state index in [9.17, 15) is 9.59 Å². The molecule has 0 saturated carbocycles. The quantitative estimate of drug-likeness (QED) is 0.292. The second-order valence-corrected chi connectivity index (χ2v) is 1.48. The molecule has 0 bridgehead atoms. The van der Waals surface area contributed by atoms with E-state index >= 15 is 0 Å². The normalized spacial score (nSPS) is 6.12. The summed E-state index contributed by atoms with van der Waals surface area (Å²) in [7, 11) is 0. The number of hydrogen-bond donors (Lipinski definition) is 6. The Morgan fingerprint density at radius 1 is 0.750 bits per heavy atom. The number of carboxylic acid groups (broad SMARTS) is 4. The standard InChI is InChI=1S/2C2H5NO2.CH2O3.2Na/c2*3-1-2(4)5;2-1(3)4;;/h2*1,3H2,(H,4,5);(H2,2,3,4);;. The zero-order valence-corrected chi connectivity index (χ0v) is 13.1. The number of carboxylic acids is 2. The molecule has 9 nitrogen and oxygen atoms in total. The smallest absolute Gasteiger partial charge is 0.480 e. The van der Waals surface area contributed by atoms with Crippen molar-refractivity contribution in [3.8, 4) is 0 Å². The van der Waals surface area contributed by atoms with Crippen LogP contribution in [0.15, 0.2) is 0 Å². The topological polar surface area (TPSA) is 184 Å². The van der Waals surface area contributed by atoms with E-state index in [0.717, 1.165) is 0 Å². The van der Waals surface area contributed by atoms with Gasteiger partial charge in [0.1, 0.15) is 0 Å². The molecule has 0 aromatic rings. The fourth-order valence-electron chi connectivity index (χ4n) is 0. The zero-order valence-electron chi connectivity index (χ0n) is 9.08. The summed E-state index contributed by atoms with van der Waals surface area (Å²) in [5.74, 6) is -1.94. The predicted molar refractivity (Wildman–Crippen MR) is 55.5 cm³/mol. The minimum atomic E-state index is -1.83. The van der Waals surface area contributed by atoms with Gasteiger partial charge in [-0.15, -0.1) is 0 Å². The Labute approximate surface area is 135 Å². The first-order valence-electron chi connectivity index (χ1n) is 3.03. The minimum absolute atomic E-state index is 0. The third-order valence-corrected chi connectivity index (χ3v) is 0.349. The monoisotopic (exact) mass is 258 g/mol. The van der Waals surface area contributed by atoms with Gasteiger partial charge >= 0.3 is 18.1 Å². The molecule has 0 fully saturated rings. The fraction of sp³-hybridized carbons (Fsp3) is 0.400. The van der Waals surface area contributed by atoms with E-state index in [4.69, 9.17) is 25.2 Å². The van der Waals surface area contributed by atoms with E-state index in [0.29, 0.717) is 0 Å². The molecule has 0 atom stereocenters. The Morgan fingerprint density at radius 3 is 0.812 bits per heavy atom. The molecule has 0 amide bonds. The number of rotatable bonds is 2. The molecule has 0 aliphatic heterocycles. The van der Waals surface area contributed by atoms with Gasteiger partial charge in [-0.05, 0) is 0 Å². The molecule has 11 heteroatoms. The van der Waals surface area contributed by atoms with Crippen LogP contribution in [-0.2, 0) is 9.59 Å². The summed E-state index contributed by atoms with van der Waals surface area (Å²) < 4.78 is 0. The molecule has 0 unspecified atom stereocenters. The minimum Gasteiger partial charge on any atom is -0.480 e. The molecule has 0 spiro atoms. The molecule has 8 N–H and O–H groups in total. The Balaban J connectivity index is -0.0000000358. The predicted octanol–water partition coefficient (Wildman–Crippen LogP) is -2.48. The molecule has 0 saturated heterocycles. The first-order valence-corrected chi connectivity index (χ1v) is 3.03. The molecule has 0 aliphatic carbocycles. The number of aliphatic carboxylic acids is 2. The largest absolute Gasteiger partial charge is 0.503 e. The van der Waals surface area contributed by atoms with Crippen molar-refractivity contribution in [1.82, 2.24) is 0 Å². The molecule has 0 aromatic carbocycles. The number of hydrogen-bond acceptors (Lipinski definition) is 5. The van der Waals surface area contributed by atoms with Crippen LogP contribution < -0.4 is 11.5 Å². The summed E-state index contributed by atoms with van der Waals surface area (Å²) in [4.78, 5) is 27.0. The number of carbonyl (C=O) groups is 3. The van der Waals surface area contributed by atoms with Crippen LogP contribution in [0.3, 0.4) is 0 Å². The van der Waals surface area contributed by atoms with Crippen LogP contribution in [0.4, 0.5) is 4.79 Å². The second-order valence-electron chi connectivity index (χ2n) is 1.48. The summed E-state index contributed by atoms with van der Waals surface area (Å²) in [6, 6.07) is 0. The summed E-state index contributed by atoms with van der Waals surface area (Å²) in [6.45, 7) is -0.556. The summed E-state index contributed by atoms with van der Waals surface area (Å²) in [5, 5.41) is 29.1. The van der Waals surface area contributed by atoms with Gasteiger partial charge in [0.25, 0.3) is 0 Å². The van der Waals surface area contributed by atoms with Gasteiger partial charge < -0.3 is 31.9 Å². The summed E-state index contributed by atoms with van der Waals surface area (Å²) in [6.07, 6.45) is -1.83. The van der Waals surface area contributed by atoms with Crippen molar-refractivity contribution in [2.45, 2.75) is 0 Å². The summed E-state index contributed by atoms with van der Waals surface area (Å²) >= 11 is 0. The van der Waals surface area contributed by atoms with Gasteiger partial charge in [0, 0.05) is 59.1 Å². The molecule has 0 heterocycles. The first-order chi connectivity index (χ1) is 6.27. The van der Waals surface area contributed by atoms with E-state index in [2.05, 4.69) is 11.5 Å². The zero-order chi connectivity index (χ0) is 12.1. The Kier molecular flexibility index (Phi) is 45.4. The molecular formula is C5H12N2Na2O7. The van der Waals surface area contributed by atoms with E-state index in [1.165, 1.54) is 0 Å². The van der Waals surface area contributed by atoms with E-state index in [1.54, 1.807) is 0 Å². The van der Waals surface area contributed by atoms with Gasteiger partial charge in [-0.25, -0.2) is 4.79 Å². The van der Waals surface area contributed by atoms with Crippen molar-refractivity contribution < 1.29 is 34.8 Å². The average Bonchev–Trinajstić information content (AvgIpc) is 2.04. The van der Waals surface area contributed by atoms with Crippen molar-refractivity contribution in [2.24, 2.45) is 11.5 Å². The molecule has 86 valence electrons. The Bertz CT molecular complexity index is 172. The molecule has 2 radical (unpaired) electrons. The van der Waals surface area contributed by atoms with Gasteiger partial charge in [-0.1, -0.05) is 0 Å². The van der Waals surface area contributed by atoms with Crippen LogP contribution >= 0.6 is 0 Å².